The van der Waals surface area contributed by atoms with E-state index in [-0.39, 0.29) is 12.3 Å². The number of rotatable bonds is 7. The molecule has 0 saturated carbocycles. The number of hydrogen-bond donors (Lipinski definition) is 2. The lowest BCUT2D eigenvalue weighted by atomic mass is 10.0. The van der Waals surface area contributed by atoms with Gasteiger partial charge < -0.3 is 0 Å². The lowest BCUT2D eigenvalue weighted by molar-refractivity contribution is -0.121. The molecular weight excluding hydrogens is 418 g/mol. The average Bonchev–Trinajstić information content (AvgIpc) is 3.20. The van der Waals surface area contributed by atoms with Gasteiger partial charge in [0.25, 0.3) is 0 Å². The van der Waals surface area contributed by atoms with Crippen molar-refractivity contribution in [2.45, 2.75) is 19.9 Å². The highest BCUT2D eigenvalue weighted by Gasteiger charge is 2.12. The van der Waals surface area contributed by atoms with Gasteiger partial charge >= 0.3 is 0 Å². The van der Waals surface area contributed by atoms with Crippen LogP contribution >= 0.6 is 12.2 Å². The number of aromatic amines is 1. The first-order valence-electron chi connectivity index (χ1n) is 10.3. The highest BCUT2D eigenvalue weighted by atomic mass is 32.1. The molecule has 0 unspecified atom stereocenters. The number of aryl methyl sites for hydroxylation is 1. The summed E-state index contributed by atoms with van der Waals surface area (Å²) in [7, 11) is 0. The number of benzene rings is 3. The molecule has 0 radical (unpaired) electrons. The molecule has 0 saturated heterocycles. The summed E-state index contributed by atoms with van der Waals surface area (Å²) in [6.07, 6.45) is 0.215. The SMILES string of the molecule is Cc1ccc(-c2n[nH]c(=S)n2CCC(=O)NN=C(c2ccccc2)c2ccccc2)cc1. The first-order valence-corrected chi connectivity index (χ1v) is 10.7. The molecule has 4 aromatic rings. The van der Waals surface area contributed by atoms with Crippen LogP contribution in [0.2, 0.25) is 0 Å². The minimum absolute atomic E-state index is 0.202. The zero-order valence-corrected chi connectivity index (χ0v) is 18.5. The molecule has 7 heteroatoms. The third kappa shape index (κ3) is 5.07. The molecule has 0 aliphatic carbocycles. The van der Waals surface area contributed by atoms with E-state index >= 15 is 0 Å². The van der Waals surface area contributed by atoms with Gasteiger partial charge in [0.15, 0.2) is 10.6 Å². The summed E-state index contributed by atoms with van der Waals surface area (Å²) in [5.74, 6) is 0.507. The largest absolute Gasteiger partial charge is 0.300 e. The Hall–Kier alpha value is -3.84. The zero-order chi connectivity index (χ0) is 22.3. The van der Waals surface area contributed by atoms with Crippen molar-refractivity contribution in [3.63, 3.8) is 0 Å². The molecule has 0 atom stereocenters. The number of hydrazone groups is 1. The van der Waals surface area contributed by atoms with Gasteiger partial charge in [-0.3, -0.25) is 14.5 Å². The van der Waals surface area contributed by atoms with Crippen LogP contribution in [-0.4, -0.2) is 26.4 Å². The van der Waals surface area contributed by atoms with Crippen molar-refractivity contribution in [2.24, 2.45) is 5.10 Å². The van der Waals surface area contributed by atoms with Gasteiger partial charge in [0.1, 0.15) is 0 Å². The molecule has 0 aliphatic heterocycles. The second-order valence-corrected chi connectivity index (χ2v) is 7.73. The van der Waals surface area contributed by atoms with Crippen LogP contribution in [0.15, 0.2) is 90.0 Å². The van der Waals surface area contributed by atoms with Gasteiger partial charge in [-0.05, 0) is 19.1 Å². The Labute approximate surface area is 191 Å². The number of hydrogen-bond acceptors (Lipinski definition) is 4. The van der Waals surface area contributed by atoms with Gasteiger partial charge in [-0.1, -0.05) is 90.5 Å². The Morgan fingerprint density at radius 3 is 2.16 bits per heavy atom. The van der Waals surface area contributed by atoms with Crippen LogP contribution in [0.1, 0.15) is 23.1 Å². The van der Waals surface area contributed by atoms with Gasteiger partial charge in [0, 0.05) is 29.7 Å². The van der Waals surface area contributed by atoms with E-state index in [2.05, 4.69) is 20.7 Å². The fourth-order valence-corrected chi connectivity index (χ4v) is 3.55. The molecule has 160 valence electrons. The van der Waals surface area contributed by atoms with E-state index in [0.717, 1.165) is 16.7 Å². The van der Waals surface area contributed by atoms with Crippen molar-refractivity contribution in [3.05, 3.63) is 106 Å². The van der Waals surface area contributed by atoms with E-state index in [1.165, 1.54) is 5.56 Å². The van der Waals surface area contributed by atoms with Crippen molar-refractivity contribution in [1.82, 2.24) is 20.2 Å². The van der Waals surface area contributed by atoms with Gasteiger partial charge in [-0.15, -0.1) is 0 Å². The zero-order valence-electron chi connectivity index (χ0n) is 17.7. The summed E-state index contributed by atoms with van der Waals surface area (Å²) in [6, 6.07) is 27.6. The van der Waals surface area contributed by atoms with Gasteiger partial charge in [0.2, 0.25) is 5.91 Å². The second-order valence-electron chi connectivity index (χ2n) is 7.35. The third-order valence-corrected chi connectivity index (χ3v) is 5.33. The van der Waals surface area contributed by atoms with Crippen molar-refractivity contribution >= 4 is 23.8 Å². The molecule has 1 amide bonds. The summed E-state index contributed by atoms with van der Waals surface area (Å²) in [4.78, 5) is 12.6. The van der Waals surface area contributed by atoms with E-state index in [1.54, 1.807) is 0 Å². The second kappa shape index (κ2) is 9.98. The van der Waals surface area contributed by atoms with Crippen LogP contribution in [0.3, 0.4) is 0 Å². The van der Waals surface area contributed by atoms with Crippen molar-refractivity contribution in [1.29, 1.82) is 0 Å². The monoisotopic (exact) mass is 441 g/mol. The maximum atomic E-state index is 12.6. The smallest absolute Gasteiger partial charge is 0.241 e. The molecule has 0 fully saturated rings. The standard InChI is InChI=1S/C25H23N5OS/c1-18-12-14-21(15-13-18)24-28-29-25(32)30(24)17-16-22(31)26-27-23(19-8-4-2-5-9-19)20-10-6-3-7-11-20/h2-15H,16-17H2,1H3,(H,26,31)(H,29,32). The fourth-order valence-electron chi connectivity index (χ4n) is 3.32. The Kier molecular flexibility index (Phi) is 6.67. The molecule has 0 spiro atoms. The minimum atomic E-state index is -0.202. The number of H-pyrrole nitrogens is 1. The minimum Gasteiger partial charge on any atom is -0.300 e. The van der Waals surface area contributed by atoms with Crippen LogP contribution in [0.25, 0.3) is 11.4 Å². The molecule has 32 heavy (non-hydrogen) atoms. The third-order valence-electron chi connectivity index (χ3n) is 5.02. The van der Waals surface area contributed by atoms with Crippen molar-refractivity contribution in [3.8, 4) is 11.4 Å². The first kappa shape index (κ1) is 21.4. The molecule has 2 N–H and O–H groups in total. The fraction of sp³-hybridized carbons (Fsp3) is 0.120. The number of aromatic nitrogens is 3. The highest BCUT2D eigenvalue weighted by molar-refractivity contribution is 7.71. The summed E-state index contributed by atoms with van der Waals surface area (Å²) in [5.41, 5.74) is 7.37. The van der Waals surface area contributed by atoms with Crippen LogP contribution < -0.4 is 5.43 Å². The normalized spacial score (nSPS) is 10.5. The highest BCUT2D eigenvalue weighted by Crippen LogP contribution is 2.18. The number of nitrogens with one attached hydrogen (secondary N) is 2. The molecule has 1 aromatic heterocycles. The quantitative estimate of drug-likeness (QED) is 0.244. The van der Waals surface area contributed by atoms with E-state index < -0.39 is 0 Å². The summed E-state index contributed by atoms with van der Waals surface area (Å²) < 4.78 is 2.31. The molecule has 1 heterocycles. The average molecular weight is 442 g/mol. The summed E-state index contributed by atoms with van der Waals surface area (Å²) >= 11 is 5.37. The number of carbonyl (C=O) groups excluding carboxylic acids is 1. The van der Waals surface area contributed by atoms with E-state index in [1.807, 2.05) is 96.4 Å². The summed E-state index contributed by atoms with van der Waals surface area (Å²) in [6.45, 7) is 2.43. The molecule has 3 aromatic carbocycles. The molecule has 0 bridgehead atoms. The number of amides is 1. The van der Waals surface area contributed by atoms with E-state index in [4.69, 9.17) is 12.2 Å². The lowest BCUT2D eigenvalue weighted by Crippen LogP contribution is -2.22. The Morgan fingerprint density at radius 1 is 0.969 bits per heavy atom. The van der Waals surface area contributed by atoms with Crippen LogP contribution in [-0.2, 0) is 11.3 Å². The Morgan fingerprint density at radius 2 is 1.56 bits per heavy atom. The van der Waals surface area contributed by atoms with Crippen molar-refractivity contribution in [2.75, 3.05) is 0 Å². The predicted octanol–water partition coefficient (Wildman–Crippen LogP) is 4.88. The van der Waals surface area contributed by atoms with Gasteiger partial charge in [-0.2, -0.15) is 10.2 Å². The van der Waals surface area contributed by atoms with Crippen molar-refractivity contribution < 1.29 is 4.79 Å². The van der Waals surface area contributed by atoms with E-state index in [0.29, 0.717) is 22.9 Å². The van der Waals surface area contributed by atoms with Crippen LogP contribution in [0, 0.1) is 11.7 Å². The number of nitrogens with zero attached hydrogens (tertiary/aromatic N) is 3. The van der Waals surface area contributed by atoms with Crippen LogP contribution in [0.5, 0.6) is 0 Å². The van der Waals surface area contributed by atoms with Gasteiger partial charge in [-0.25, -0.2) is 5.43 Å². The topological polar surface area (TPSA) is 75.1 Å². The van der Waals surface area contributed by atoms with E-state index in [9.17, 15) is 4.79 Å². The molecule has 6 nitrogen and oxygen atoms in total. The maximum absolute atomic E-state index is 12.6. The number of carbonyl (C=O) groups is 1. The lowest BCUT2D eigenvalue weighted by Gasteiger charge is -2.09. The summed E-state index contributed by atoms with van der Waals surface area (Å²) in [5, 5.41) is 11.6. The van der Waals surface area contributed by atoms with Gasteiger partial charge in [0.05, 0.1) is 5.71 Å². The molecule has 0 aliphatic rings. The molecule has 4 rings (SSSR count). The predicted molar refractivity (Wildman–Crippen MR) is 129 cm³/mol. The maximum Gasteiger partial charge on any atom is 0.241 e. The first-order chi connectivity index (χ1) is 15.6. The molecular formula is C25H23N5OS. The Bertz CT molecular complexity index is 1230. The Balaban J connectivity index is 1.49. The van der Waals surface area contributed by atoms with Crippen LogP contribution in [0.4, 0.5) is 0 Å².